The molecule has 0 radical (unpaired) electrons. The second kappa shape index (κ2) is 8.28. The Morgan fingerprint density at radius 1 is 1.18 bits per heavy atom. The van der Waals surface area contributed by atoms with Crippen LogP contribution in [0.25, 0.3) is 10.8 Å². The van der Waals surface area contributed by atoms with Gasteiger partial charge in [-0.2, -0.15) is 0 Å². The quantitative estimate of drug-likeness (QED) is 0.521. The van der Waals surface area contributed by atoms with Gasteiger partial charge in [0.1, 0.15) is 18.1 Å². The molecule has 0 aliphatic carbocycles. The van der Waals surface area contributed by atoms with E-state index in [0.29, 0.717) is 17.4 Å². The molecule has 2 aromatic rings. The first-order chi connectivity index (χ1) is 10.5. The predicted molar refractivity (Wildman–Crippen MR) is 98.3 cm³/mol. The van der Waals surface area contributed by atoms with Crippen LogP contribution in [-0.2, 0) is 0 Å². The second-order valence-corrected chi connectivity index (χ2v) is 7.10. The first-order valence-electron chi connectivity index (χ1n) is 7.23. The van der Waals surface area contributed by atoms with E-state index in [9.17, 15) is 0 Å². The molecule has 0 spiro atoms. The first-order valence-corrected chi connectivity index (χ1v) is 9.17. The Balaban J connectivity index is 2.36. The molecular formula is C17H19BrCl2O2. The van der Waals surface area contributed by atoms with Crippen molar-refractivity contribution in [2.75, 3.05) is 11.9 Å². The lowest BCUT2D eigenvalue weighted by molar-refractivity contribution is 0.245. The zero-order valence-corrected chi connectivity index (χ0v) is 15.7. The third-order valence-corrected chi connectivity index (χ3v) is 4.19. The molecule has 0 aliphatic rings. The summed E-state index contributed by atoms with van der Waals surface area (Å²) in [5, 5.41) is 3.29. The number of halogens is 3. The molecule has 2 aromatic carbocycles. The van der Waals surface area contributed by atoms with Gasteiger partial charge in [0.2, 0.25) is 0 Å². The predicted octanol–water partition coefficient (Wildman–Crippen LogP) is 6.05. The minimum atomic E-state index is -0.0384. The normalized spacial score (nSPS) is 12.6. The third-order valence-electron chi connectivity index (χ3n) is 3.11. The van der Waals surface area contributed by atoms with E-state index in [4.69, 9.17) is 32.7 Å². The van der Waals surface area contributed by atoms with E-state index in [1.165, 1.54) is 0 Å². The summed E-state index contributed by atoms with van der Waals surface area (Å²) in [4.78, 5) is 0. The molecule has 0 saturated heterocycles. The number of fused-ring (bicyclic) bond motifs is 1. The van der Waals surface area contributed by atoms with Gasteiger partial charge in [0.25, 0.3) is 0 Å². The summed E-state index contributed by atoms with van der Waals surface area (Å²) in [5.74, 6) is 1.43. The summed E-state index contributed by atoms with van der Waals surface area (Å²) in [6.07, 6.45) is 0.903. The van der Waals surface area contributed by atoms with E-state index >= 15 is 0 Å². The Morgan fingerprint density at radius 3 is 2.50 bits per heavy atom. The lowest BCUT2D eigenvalue weighted by Gasteiger charge is -2.18. The van der Waals surface area contributed by atoms with Gasteiger partial charge in [-0.15, -0.1) is 11.6 Å². The molecule has 0 N–H and O–H groups in total. The lowest BCUT2D eigenvalue weighted by Crippen LogP contribution is -2.12. The number of alkyl halides is 2. The van der Waals surface area contributed by atoms with E-state index < -0.39 is 0 Å². The van der Waals surface area contributed by atoms with Crippen LogP contribution in [0.5, 0.6) is 11.5 Å². The van der Waals surface area contributed by atoms with Crippen LogP contribution in [0.15, 0.2) is 30.3 Å². The van der Waals surface area contributed by atoms with E-state index in [0.717, 1.165) is 28.3 Å². The van der Waals surface area contributed by atoms with E-state index in [1.54, 1.807) is 6.07 Å². The maximum Gasteiger partial charge on any atom is 0.146 e. The Bertz CT molecular complexity index is 631. The summed E-state index contributed by atoms with van der Waals surface area (Å²) in [6.45, 7) is 4.40. The van der Waals surface area contributed by atoms with Crippen LogP contribution in [0, 0.1) is 0 Å². The van der Waals surface area contributed by atoms with Crippen molar-refractivity contribution >= 4 is 49.9 Å². The largest absolute Gasteiger partial charge is 0.491 e. The van der Waals surface area contributed by atoms with Crippen LogP contribution in [-0.4, -0.2) is 23.4 Å². The first kappa shape index (κ1) is 17.7. The molecular weight excluding hydrogens is 387 g/mol. The standard InChI is InChI=1S/C17H19BrCl2O2/c1-11(2)22-17-14-6-4-3-5-13(14)16(9-15(17)20)21-10-12(19)7-8-18/h3-6,9,11-12H,7-8,10H2,1-2H3. The second-order valence-electron chi connectivity index (χ2n) is 5.28. The van der Waals surface area contributed by atoms with Gasteiger partial charge in [-0.3, -0.25) is 0 Å². The van der Waals surface area contributed by atoms with Gasteiger partial charge in [-0.05, 0) is 20.3 Å². The van der Waals surface area contributed by atoms with Crippen molar-refractivity contribution in [2.45, 2.75) is 31.7 Å². The van der Waals surface area contributed by atoms with Crippen molar-refractivity contribution in [1.29, 1.82) is 0 Å². The molecule has 0 fully saturated rings. The zero-order chi connectivity index (χ0) is 16.1. The van der Waals surface area contributed by atoms with Crippen molar-refractivity contribution < 1.29 is 9.47 Å². The summed E-state index contributed by atoms with van der Waals surface area (Å²) in [5.41, 5.74) is 0. The van der Waals surface area contributed by atoms with E-state index in [1.807, 2.05) is 38.1 Å². The van der Waals surface area contributed by atoms with Crippen LogP contribution < -0.4 is 9.47 Å². The highest BCUT2D eigenvalue weighted by atomic mass is 79.9. The fourth-order valence-electron chi connectivity index (χ4n) is 2.14. The minimum Gasteiger partial charge on any atom is -0.491 e. The van der Waals surface area contributed by atoms with Crippen molar-refractivity contribution in [3.63, 3.8) is 0 Å². The van der Waals surface area contributed by atoms with Gasteiger partial charge in [0.05, 0.1) is 16.5 Å². The van der Waals surface area contributed by atoms with Gasteiger partial charge in [-0.1, -0.05) is 51.8 Å². The monoisotopic (exact) mass is 404 g/mol. The Labute approximate surface area is 149 Å². The average molecular weight is 406 g/mol. The van der Waals surface area contributed by atoms with Crippen LogP contribution in [0.3, 0.4) is 0 Å². The maximum absolute atomic E-state index is 6.38. The molecule has 1 atom stereocenters. The van der Waals surface area contributed by atoms with Gasteiger partial charge >= 0.3 is 0 Å². The smallest absolute Gasteiger partial charge is 0.146 e. The highest BCUT2D eigenvalue weighted by Crippen LogP contribution is 2.40. The zero-order valence-electron chi connectivity index (χ0n) is 12.6. The highest BCUT2D eigenvalue weighted by molar-refractivity contribution is 9.09. The molecule has 2 rings (SSSR count). The number of benzene rings is 2. The van der Waals surface area contributed by atoms with Crippen LogP contribution in [0.4, 0.5) is 0 Å². The molecule has 0 bridgehead atoms. The van der Waals surface area contributed by atoms with Gasteiger partial charge in [0.15, 0.2) is 0 Å². The average Bonchev–Trinajstić information content (AvgIpc) is 2.48. The number of hydrogen-bond donors (Lipinski definition) is 0. The summed E-state index contributed by atoms with van der Waals surface area (Å²) >= 11 is 16.0. The summed E-state index contributed by atoms with van der Waals surface area (Å²) in [6, 6.07) is 9.73. The minimum absolute atomic E-state index is 0.0384. The number of rotatable bonds is 7. The fourth-order valence-corrected chi connectivity index (χ4v) is 3.37. The van der Waals surface area contributed by atoms with E-state index in [2.05, 4.69) is 15.9 Å². The fraction of sp³-hybridized carbons (Fsp3) is 0.412. The Kier molecular flexibility index (Phi) is 6.66. The number of ether oxygens (including phenoxy) is 2. The molecule has 0 aliphatic heterocycles. The molecule has 0 heterocycles. The molecule has 120 valence electrons. The molecule has 22 heavy (non-hydrogen) atoms. The topological polar surface area (TPSA) is 18.5 Å². The van der Waals surface area contributed by atoms with Crippen molar-refractivity contribution in [3.05, 3.63) is 35.4 Å². The number of hydrogen-bond acceptors (Lipinski definition) is 2. The molecule has 0 aromatic heterocycles. The molecule has 2 nitrogen and oxygen atoms in total. The van der Waals surface area contributed by atoms with Crippen LogP contribution in [0.2, 0.25) is 5.02 Å². The molecule has 1 unspecified atom stereocenters. The van der Waals surface area contributed by atoms with Gasteiger partial charge in [0, 0.05) is 22.2 Å². The SMILES string of the molecule is CC(C)Oc1c(Cl)cc(OCC(Cl)CCBr)c2ccccc12. The Hall–Kier alpha value is -0.640. The van der Waals surface area contributed by atoms with Gasteiger partial charge < -0.3 is 9.47 Å². The van der Waals surface area contributed by atoms with Crippen molar-refractivity contribution in [2.24, 2.45) is 0 Å². The lowest BCUT2D eigenvalue weighted by atomic mass is 10.1. The van der Waals surface area contributed by atoms with Crippen LogP contribution >= 0.6 is 39.1 Å². The van der Waals surface area contributed by atoms with Gasteiger partial charge in [-0.25, -0.2) is 0 Å². The summed E-state index contributed by atoms with van der Waals surface area (Å²) < 4.78 is 11.7. The highest BCUT2D eigenvalue weighted by Gasteiger charge is 2.15. The van der Waals surface area contributed by atoms with E-state index in [-0.39, 0.29) is 11.5 Å². The molecule has 0 saturated carbocycles. The summed E-state index contributed by atoms with van der Waals surface area (Å²) in [7, 11) is 0. The molecule has 5 heteroatoms. The molecule has 0 amide bonds. The van der Waals surface area contributed by atoms with Crippen LogP contribution in [0.1, 0.15) is 20.3 Å². The van der Waals surface area contributed by atoms with Crippen molar-refractivity contribution in [1.82, 2.24) is 0 Å². The maximum atomic E-state index is 6.38. The third kappa shape index (κ3) is 4.43. The Morgan fingerprint density at radius 2 is 1.86 bits per heavy atom. The van der Waals surface area contributed by atoms with Crippen molar-refractivity contribution in [3.8, 4) is 11.5 Å².